The average Bonchev–Trinajstić information content (AvgIpc) is 2.34. The molecule has 0 saturated carbocycles. The van der Waals surface area contributed by atoms with Crippen molar-refractivity contribution in [2.24, 2.45) is 5.14 Å². The van der Waals surface area contributed by atoms with Crippen LogP contribution in [0.3, 0.4) is 0 Å². The number of hydrogen-bond acceptors (Lipinski definition) is 5. The van der Waals surface area contributed by atoms with Crippen molar-refractivity contribution in [3.05, 3.63) is 28.8 Å². The second-order valence-corrected chi connectivity index (χ2v) is 6.09. The van der Waals surface area contributed by atoms with Crippen molar-refractivity contribution in [1.82, 2.24) is 0 Å². The van der Waals surface area contributed by atoms with Gasteiger partial charge in [0.2, 0.25) is 10.0 Å². The number of primary sulfonamides is 1. The first-order chi connectivity index (χ1) is 9.24. The summed E-state index contributed by atoms with van der Waals surface area (Å²) in [6.45, 7) is 4.25. The molecule has 0 heterocycles. The van der Waals surface area contributed by atoms with Gasteiger partial charge in [0.1, 0.15) is 6.10 Å². The molecule has 6 nitrogen and oxygen atoms in total. The molecule has 0 aliphatic carbocycles. The Bertz CT molecular complexity index is 588. The molecule has 0 bridgehead atoms. The van der Waals surface area contributed by atoms with Gasteiger partial charge in [-0.25, -0.2) is 18.4 Å². The average molecular weight is 322 g/mol. The molecule has 0 amide bonds. The van der Waals surface area contributed by atoms with Gasteiger partial charge in [0.15, 0.2) is 0 Å². The second-order valence-electron chi connectivity index (χ2n) is 4.10. The summed E-state index contributed by atoms with van der Waals surface area (Å²) >= 11 is 5.77. The first-order valence-corrected chi connectivity index (χ1v) is 7.78. The molecule has 112 valence electrons. The fourth-order valence-corrected chi connectivity index (χ4v) is 2.30. The van der Waals surface area contributed by atoms with E-state index in [4.69, 9.17) is 26.2 Å². The van der Waals surface area contributed by atoms with Crippen LogP contribution in [0.15, 0.2) is 23.1 Å². The molecule has 0 fully saturated rings. The normalized spacial score (nSPS) is 13.0. The Hall–Kier alpha value is -1.15. The zero-order valence-electron chi connectivity index (χ0n) is 11.1. The maximum Gasteiger partial charge on any atom is 0.338 e. The molecule has 1 rings (SSSR count). The van der Waals surface area contributed by atoms with Gasteiger partial charge in [0.05, 0.1) is 17.1 Å². The summed E-state index contributed by atoms with van der Waals surface area (Å²) in [5.41, 5.74) is 0.0184. The number of hydrogen-bond donors (Lipinski definition) is 1. The lowest BCUT2D eigenvalue weighted by molar-refractivity contribution is 0.00437. The number of carbonyl (C=O) groups is 1. The number of rotatable bonds is 6. The minimum atomic E-state index is -3.94. The summed E-state index contributed by atoms with van der Waals surface area (Å²) in [7, 11) is -3.94. The van der Waals surface area contributed by atoms with E-state index in [0.717, 1.165) is 12.1 Å². The highest BCUT2D eigenvalue weighted by Gasteiger charge is 2.17. The fraction of sp³-hybridized carbons (Fsp3) is 0.417. The molecule has 0 aliphatic heterocycles. The van der Waals surface area contributed by atoms with Crippen molar-refractivity contribution >= 4 is 27.6 Å². The molecule has 0 saturated heterocycles. The Morgan fingerprint density at radius 1 is 1.40 bits per heavy atom. The van der Waals surface area contributed by atoms with Gasteiger partial charge in [0.25, 0.3) is 0 Å². The van der Waals surface area contributed by atoms with E-state index in [1.54, 1.807) is 6.92 Å². The van der Waals surface area contributed by atoms with Crippen LogP contribution in [0.4, 0.5) is 0 Å². The van der Waals surface area contributed by atoms with Gasteiger partial charge >= 0.3 is 5.97 Å². The molecule has 1 unspecified atom stereocenters. The van der Waals surface area contributed by atoms with Crippen LogP contribution in [0.1, 0.15) is 24.2 Å². The number of nitrogens with two attached hydrogens (primary N) is 1. The smallest absolute Gasteiger partial charge is 0.338 e. The molecule has 1 aromatic rings. The number of sulfonamides is 1. The van der Waals surface area contributed by atoms with Gasteiger partial charge in [-0.1, -0.05) is 11.6 Å². The molecule has 0 aromatic heterocycles. The van der Waals surface area contributed by atoms with Crippen molar-refractivity contribution in [1.29, 1.82) is 0 Å². The van der Waals surface area contributed by atoms with E-state index in [2.05, 4.69) is 0 Å². The molecule has 0 radical (unpaired) electrons. The monoisotopic (exact) mass is 321 g/mol. The molecule has 2 N–H and O–H groups in total. The quantitative estimate of drug-likeness (QED) is 0.802. The molecule has 0 aliphatic rings. The molecule has 0 spiro atoms. The standard InChI is InChI=1S/C12H16ClNO5S/c1-3-18-7-8(2)19-12(15)9-4-10(13)6-11(5-9)20(14,16)17/h4-6,8H,3,7H2,1-2H3,(H2,14,16,17). The number of halogens is 1. The fourth-order valence-electron chi connectivity index (χ4n) is 1.41. The number of benzene rings is 1. The van der Waals surface area contributed by atoms with Crippen molar-refractivity contribution < 1.29 is 22.7 Å². The van der Waals surface area contributed by atoms with E-state index >= 15 is 0 Å². The highest BCUT2D eigenvalue weighted by Crippen LogP contribution is 2.19. The Balaban J connectivity index is 2.91. The summed E-state index contributed by atoms with van der Waals surface area (Å²) in [6, 6.07) is 3.60. The Morgan fingerprint density at radius 3 is 2.60 bits per heavy atom. The van der Waals surface area contributed by atoms with Gasteiger partial charge in [-0.15, -0.1) is 0 Å². The van der Waals surface area contributed by atoms with Gasteiger partial charge in [-0.05, 0) is 32.0 Å². The van der Waals surface area contributed by atoms with E-state index in [1.807, 2.05) is 6.92 Å². The van der Waals surface area contributed by atoms with Crippen LogP contribution in [0.2, 0.25) is 5.02 Å². The Kier molecular flexibility index (Phi) is 5.94. The first-order valence-electron chi connectivity index (χ1n) is 5.86. The van der Waals surface area contributed by atoms with Gasteiger partial charge in [0, 0.05) is 11.6 Å². The van der Waals surface area contributed by atoms with Crippen molar-refractivity contribution in [2.45, 2.75) is 24.8 Å². The van der Waals surface area contributed by atoms with Gasteiger partial charge in [-0.3, -0.25) is 0 Å². The minimum absolute atomic E-state index is 0.0184. The van der Waals surface area contributed by atoms with Crippen LogP contribution >= 0.6 is 11.6 Å². The summed E-state index contributed by atoms with van der Waals surface area (Å²) in [6.07, 6.45) is -0.459. The van der Waals surface area contributed by atoms with Crippen LogP contribution in [0.25, 0.3) is 0 Å². The van der Waals surface area contributed by atoms with Crippen molar-refractivity contribution in [3.63, 3.8) is 0 Å². The highest BCUT2D eigenvalue weighted by molar-refractivity contribution is 7.89. The van der Waals surface area contributed by atoms with Crippen molar-refractivity contribution in [3.8, 4) is 0 Å². The molecule has 20 heavy (non-hydrogen) atoms. The third-order valence-electron chi connectivity index (χ3n) is 2.30. The predicted octanol–water partition coefficient (Wildman–Crippen LogP) is 1.57. The lowest BCUT2D eigenvalue weighted by atomic mass is 10.2. The number of carbonyl (C=O) groups excluding carboxylic acids is 1. The zero-order chi connectivity index (χ0) is 15.3. The van der Waals surface area contributed by atoms with Crippen LogP contribution in [-0.2, 0) is 19.5 Å². The maximum absolute atomic E-state index is 11.9. The van der Waals surface area contributed by atoms with E-state index in [9.17, 15) is 13.2 Å². The zero-order valence-corrected chi connectivity index (χ0v) is 12.7. The Morgan fingerprint density at radius 2 is 2.05 bits per heavy atom. The van der Waals surface area contributed by atoms with Crippen LogP contribution in [-0.4, -0.2) is 33.7 Å². The van der Waals surface area contributed by atoms with E-state index in [1.165, 1.54) is 6.07 Å². The molecule has 1 aromatic carbocycles. The summed E-state index contributed by atoms with van der Waals surface area (Å²) in [5, 5.41) is 5.09. The summed E-state index contributed by atoms with van der Waals surface area (Å²) in [5.74, 6) is -0.690. The summed E-state index contributed by atoms with van der Waals surface area (Å²) < 4.78 is 32.8. The summed E-state index contributed by atoms with van der Waals surface area (Å²) in [4.78, 5) is 11.6. The van der Waals surface area contributed by atoms with Gasteiger partial charge < -0.3 is 9.47 Å². The third kappa shape index (κ3) is 5.09. The van der Waals surface area contributed by atoms with Crippen molar-refractivity contribution in [2.75, 3.05) is 13.2 Å². The van der Waals surface area contributed by atoms with Gasteiger partial charge in [-0.2, -0.15) is 0 Å². The number of esters is 1. The third-order valence-corrected chi connectivity index (χ3v) is 3.41. The largest absolute Gasteiger partial charge is 0.457 e. The molecular formula is C12H16ClNO5S. The SMILES string of the molecule is CCOCC(C)OC(=O)c1cc(Cl)cc(S(N)(=O)=O)c1. The lowest BCUT2D eigenvalue weighted by Crippen LogP contribution is -2.21. The van der Waals surface area contributed by atoms with Crippen LogP contribution < -0.4 is 5.14 Å². The van der Waals surface area contributed by atoms with Crippen LogP contribution in [0, 0.1) is 0 Å². The predicted molar refractivity (Wildman–Crippen MR) is 74.2 cm³/mol. The Labute approximate surface area is 122 Å². The molecule has 1 atom stereocenters. The lowest BCUT2D eigenvalue weighted by Gasteiger charge is -2.13. The topological polar surface area (TPSA) is 95.7 Å². The second kappa shape index (κ2) is 7.03. The minimum Gasteiger partial charge on any atom is -0.457 e. The molecule has 8 heteroatoms. The van der Waals surface area contributed by atoms with Crippen LogP contribution in [0.5, 0.6) is 0 Å². The maximum atomic E-state index is 11.9. The van der Waals surface area contributed by atoms with E-state index in [-0.39, 0.29) is 22.1 Å². The van der Waals surface area contributed by atoms with E-state index in [0.29, 0.717) is 6.61 Å². The first kappa shape index (κ1) is 16.9. The molecular weight excluding hydrogens is 306 g/mol. The highest BCUT2D eigenvalue weighted by atomic mass is 35.5. The number of ether oxygens (including phenoxy) is 2. The van der Waals surface area contributed by atoms with E-state index < -0.39 is 22.1 Å².